The van der Waals surface area contributed by atoms with Crippen LogP contribution in [-0.2, 0) is 10.5 Å². The van der Waals surface area contributed by atoms with Gasteiger partial charge in [-0.1, -0.05) is 43.7 Å². The minimum atomic E-state index is -0.943. The maximum Gasteiger partial charge on any atom is 0.0831 e. The third-order valence-electron chi connectivity index (χ3n) is 2.13. The van der Waals surface area contributed by atoms with Crippen LogP contribution in [-0.4, -0.2) is 18.3 Å². The summed E-state index contributed by atoms with van der Waals surface area (Å²) >= 11 is 1.94. The van der Waals surface area contributed by atoms with Crippen molar-refractivity contribution in [3.05, 3.63) is 35.9 Å². The zero-order valence-electron chi connectivity index (χ0n) is 11.1. The van der Waals surface area contributed by atoms with Crippen molar-refractivity contribution < 1.29 is 15.6 Å². The molecule has 0 bridgehead atoms. The van der Waals surface area contributed by atoms with Crippen LogP contribution in [0.15, 0.2) is 30.3 Å². The zero-order valence-corrected chi connectivity index (χ0v) is 11.9. The van der Waals surface area contributed by atoms with E-state index in [0.29, 0.717) is 0 Å². The molecule has 0 aliphatic rings. The fraction of sp³-hybridized carbons (Fsp3) is 0.500. The Morgan fingerprint density at radius 1 is 1.33 bits per heavy atom. The SMILES string of the molecule is CCCCC(=O)[O-].[NH3+]CCSCc1ccccc1. The fourth-order valence-corrected chi connectivity index (χ4v) is 1.96. The monoisotopic (exact) mass is 269 g/mol. The van der Waals surface area contributed by atoms with Crippen molar-refractivity contribution in [2.45, 2.75) is 31.9 Å². The van der Waals surface area contributed by atoms with E-state index in [1.54, 1.807) is 0 Å². The van der Waals surface area contributed by atoms with Crippen LogP contribution in [0, 0.1) is 0 Å². The first kappa shape index (κ1) is 17.0. The molecular weight excluding hydrogens is 246 g/mol. The quantitative estimate of drug-likeness (QED) is 0.753. The summed E-state index contributed by atoms with van der Waals surface area (Å²) < 4.78 is 0. The third kappa shape index (κ3) is 11.5. The van der Waals surface area contributed by atoms with Crippen molar-refractivity contribution >= 4 is 17.7 Å². The lowest BCUT2D eigenvalue weighted by Gasteiger charge is -1.97. The number of carboxylic acids is 1. The number of unbranched alkanes of at least 4 members (excludes halogenated alkanes) is 1. The van der Waals surface area contributed by atoms with E-state index >= 15 is 0 Å². The number of carbonyl (C=O) groups excluding carboxylic acids is 1. The van der Waals surface area contributed by atoms with Gasteiger partial charge < -0.3 is 15.6 Å². The molecular formula is C14H23NO2S. The van der Waals surface area contributed by atoms with Gasteiger partial charge in [0.25, 0.3) is 0 Å². The molecule has 0 amide bonds. The summed E-state index contributed by atoms with van der Waals surface area (Å²) in [4.78, 5) is 9.65. The Kier molecular flexibility index (Phi) is 11.8. The number of quaternary nitrogens is 1. The predicted molar refractivity (Wildman–Crippen MR) is 74.9 cm³/mol. The van der Waals surface area contributed by atoms with Gasteiger partial charge in [-0.3, -0.25) is 0 Å². The topological polar surface area (TPSA) is 67.8 Å². The van der Waals surface area contributed by atoms with Gasteiger partial charge in [-0.2, -0.15) is 11.8 Å². The number of hydrogen-bond acceptors (Lipinski definition) is 3. The van der Waals surface area contributed by atoms with Crippen molar-refractivity contribution in [2.24, 2.45) is 0 Å². The van der Waals surface area contributed by atoms with Crippen molar-refractivity contribution in [3.63, 3.8) is 0 Å². The molecule has 0 heterocycles. The summed E-state index contributed by atoms with van der Waals surface area (Å²) in [5, 5.41) is 9.65. The molecule has 0 spiro atoms. The van der Waals surface area contributed by atoms with Crippen molar-refractivity contribution in [3.8, 4) is 0 Å². The first-order chi connectivity index (χ1) is 8.70. The molecule has 0 aliphatic carbocycles. The second-order valence-corrected chi connectivity index (χ2v) is 4.97. The molecule has 0 radical (unpaired) electrons. The van der Waals surface area contributed by atoms with Gasteiger partial charge in [0.15, 0.2) is 0 Å². The zero-order chi connectivity index (χ0) is 13.6. The van der Waals surface area contributed by atoms with Crippen LogP contribution < -0.4 is 10.8 Å². The van der Waals surface area contributed by atoms with Crippen LogP contribution in [0.1, 0.15) is 31.7 Å². The summed E-state index contributed by atoms with van der Waals surface area (Å²) in [7, 11) is 0. The molecule has 0 unspecified atom stereocenters. The number of aliphatic carboxylic acids is 1. The van der Waals surface area contributed by atoms with E-state index in [-0.39, 0.29) is 6.42 Å². The summed E-state index contributed by atoms with van der Waals surface area (Å²) in [6, 6.07) is 10.5. The first-order valence-electron chi connectivity index (χ1n) is 6.31. The minimum Gasteiger partial charge on any atom is -0.550 e. The molecule has 1 rings (SSSR count). The van der Waals surface area contributed by atoms with Crippen LogP contribution in [0.3, 0.4) is 0 Å². The highest BCUT2D eigenvalue weighted by atomic mass is 32.2. The van der Waals surface area contributed by atoms with Gasteiger partial charge in [-0.05, 0) is 18.4 Å². The number of thioether (sulfide) groups is 1. The lowest BCUT2D eigenvalue weighted by atomic mass is 10.2. The minimum absolute atomic E-state index is 0.205. The highest BCUT2D eigenvalue weighted by Gasteiger charge is 1.90. The Bertz CT molecular complexity index is 304. The summed E-state index contributed by atoms with van der Waals surface area (Å²) in [5.41, 5.74) is 5.20. The maximum atomic E-state index is 9.65. The van der Waals surface area contributed by atoms with Crippen LogP contribution in [0.25, 0.3) is 0 Å². The molecule has 0 fully saturated rings. The summed E-state index contributed by atoms with van der Waals surface area (Å²) in [6.07, 6.45) is 1.87. The summed E-state index contributed by atoms with van der Waals surface area (Å²) in [6.45, 7) is 2.97. The number of rotatable bonds is 7. The molecule has 1 aromatic rings. The first-order valence-corrected chi connectivity index (χ1v) is 7.47. The van der Waals surface area contributed by atoms with Gasteiger partial charge in [0.05, 0.1) is 6.54 Å². The molecule has 0 saturated carbocycles. The Balaban J connectivity index is 0.000000360. The van der Waals surface area contributed by atoms with Crippen LogP contribution in [0.5, 0.6) is 0 Å². The van der Waals surface area contributed by atoms with Crippen molar-refractivity contribution in [1.29, 1.82) is 0 Å². The second kappa shape index (κ2) is 12.5. The normalized spacial score (nSPS) is 9.44. The highest BCUT2D eigenvalue weighted by Crippen LogP contribution is 2.09. The van der Waals surface area contributed by atoms with Crippen LogP contribution in [0.2, 0.25) is 0 Å². The van der Waals surface area contributed by atoms with E-state index < -0.39 is 5.97 Å². The number of carboxylic acid groups (broad SMARTS) is 1. The van der Waals surface area contributed by atoms with Gasteiger partial charge in [-0.25, -0.2) is 0 Å². The van der Waals surface area contributed by atoms with Crippen molar-refractivity contribution in [2.75, 3.05) is 12.3 Å². The molecule has 0 aromatic heterocycles. The fourth-order valence-electron chi connectivity index (χ4n) is 1.19. The van der Waals surface area contributed by atoms with Crippen LogP contribution >= 0.6 is 11.8 Å². The lowest BCUT2D eigenvalue weighted by Crippen LogP contribution is -2.51. The van der Waals surface area contributed by atoms with E-state index in [9.17, 15) is 9.90 Å². The molecule has 4 heteroatoms. The summed E-state index contributed by atoms with van der Waals surface area (Å²) in [5.74, 6) is 1.34. The van der Waals surface area contributed by atoms with Gasteiger partial charge in [-0.15, -0.1) is 0 Å². The average molecular weight is 269 g/mol. The standard InChI is InChI=1S/C9H13NS.C5H10O2/c10-6-7-11-8-9-4-2-1-3-5-9;1-2-3-4-5(6)7/h1-5H,6-8,10H2;2-4H2,1H3,(H,6,7). The predicted octanol–water partition coefficient (Wildman–Crippen LogP) is 1.09. The van der Waals surface area contributed by atoms with Gasteiger partial charge in [0.2, 0.25) is 0 Å². The van der Waals surface area contributed by atoms with E-state index in [1.807, 2.05) is 18.7 Å². The Morgan fingerprint density at radius 2 is 2.00 bits per heavy atom. The van der Waals surface area contributed by atoms with Gasteiger partial charge in [0, 0.05) is 17.5 Å². The molecule has 1 aromatic carbocycles. The Labute approximate surface area is 114 Å². The largest absolute Gasteiger partial charge is 0.550 e. The molecule has 102 valence electrons. The number of benzene rings is 1. The lowest BCUT2D eigenvalue weighted by molar-refractivity contribution is -0.360. The van der Waals surface area contributed by atoms with E-state index in [1.165, 1.54) is 5.56 Å². The molecule has 3 nitrogen and oxygen atoms in total. The molecule has 0 saturated heterocycles. The van der Waals surface area contributed by atoms with Gasteiger partial charge >= 0.3 is 0 Å². The van der Waals surface area contributed by atoms with Gasteiger partial charge in [0.1, 0.15) is 0 Å². The van der Waals surface area contributed by atoms with E-state index in [4.69, 9.17) is 0 Å². The Morgan fingerprint density at radius 3 is 2.44 bits per heavy atom. The van der Waals surface area contributed by atoms with Crippen LogP contribution in [0.4, 0.5) is 0 Å². The molecule has 0 aliphatic heterocycles. The molecule has 18 heavy (non-hydrogen) atoms. The second-order valence-electron chi connectivity index (χ2n) is 3.87. The van der Waals surface area contributed by atoms with E-state index in [2.05, 4.69) is 36.1 Å². The smallest absolute Gasteiger partial charge is 0.0831 e. The third-order valence-corrected chi connectivity index (χ3v) is 3.25. The average Bonchev–Trinajstić information content (AvgIpc) is 2.39. The van der Waals surface area contributed by atoms with Crippen molar-refractivity contribution in [1.82, 2.24) is 0 Å². The highest BCUT2D eigenvalue weighted by molar-refractivity contribution is 7.98. The number of hydrogen-bond donors (Lipinski definition) is 1. The van der Waals surface area contributed by atoms with E-state index in [0.717, 1.165) is 30.9 Å². The molecule has 3 N–H and O–H groups in total. The maximum absolute atomic E-state index is 9.65. The number of carbonyl (C=O) groups is 1. The molecule has 0 atom stereocenters. The Hall–Kier alpha value is -1.00.